The number of benzene rings is 3. The molecule has 0 spiro atoms. The highest BCUT2D eigenvalue weighted by atomic mass is 32.1. The van der Waals surface area contributed by atoms with Gasteiger partial charge >= 0.3 is 0 Å². The summed E-state index contributed by atoms with van der Waals surface area (Å²) >= 11 is 3.46. The highest BCUT2D eigenvalue weighted by Gasteiger charge is 2.22. The summed E-state index contributed by atoms with van der Waals surface area (Å²) < 4.78 is 2.39. The van der Waals surface area contributed by atoms with E-state index < -0.39 is 0 Å². The van der Waals surface area contributed by atoms with Gasteiger partial charge in [-0.2, -0.15) is 0 Å². The largest absolute Gasteiger partial charge is 0.278 e. The van der Waals surface area contributed by atoms with Crippen molar-refractivity contribution in [1.82, 2.24) is 19.9 Å². The Morgan fingerprint density at radius 2 is 0.878 bits per heavy atom. The number of fused-ring (bicyclic) bond motifs is 6. The van der Waals surface area contributed by atoms with Crippen LogP contribution >= 0.6 is 22.7 Å². The average molecular weight is 670 g/mol. The van der Waals surface area contributed by atoms with E-state index in [-0.39, 0.29) is 0 Å². The Labute approximate surface area is 292 Å². The van der Waals surface area contributed by atoms with Gasteiger partial charge in [-0.15, -0.1) is 22.7 Å². The number of aromatic nitrogens is 4. The van der Waals surface area contributed by atoms with Gasteiger partial charge in [-0.05, 0) is 87.4 Å². The van der Waals surface area contributed by atoms with E-state index in [0.717, 1.165) is 72.0 Å². The Bertz CT molecular complexity index is 2560. The van der Waals surface area contributed by atoms with Gasteiger partial charge in [0.2, 0.25) is 0 Å². The summed E-state index contributed by atoms with van der Waals surface area (Å²) in [4.78, 5) is 24.7. The van der Waals surface area contributed by atoms with Crippen molar-refractivity contribution in [3.05, 3.63) is 138 Å². The molecule has 6 aromatic heterocycles. The first-order valence-electron chi connectivity index (χ1n) is 16.3. The maximum Gasteiger partial charge on any atom is 0.139 e. The van der Waals surface area contributed by atoms with Crippen LogP contribution in [0.4, 0.5) is 17.3 Å². The molecule has 0 aliphatic heterocycles. The Morgan fingerprint density at radius 1 is 0.429 bits per heavy atom. The van der Waals surface area contributed by atoms with Crippen LogP contribution in [0, 0.1) is 27.7 Å². The van der Waals surface area contributed by atoms with Gasteiger partial charge in [-0.3, -0.25) is 4.90 Å². The number of pyridine rings is 4. The zero-order valence-electron chi connectivity index (χ0n) is 27.5. The summed E-state index contributed by atoms with van der Waals surface area (Å²) in [6.45, 7) is 8.40. The zero-order valence-corrected chi connectivity index (χ0v) is 29.2. The van der Waals surface area contributed by atoms with Crippen LogP contribution in [-0.4, -0.2) is 19.9 Å². The van der Waals surface area contributed by atoms with Gasteiger partial charge in [0, 0.05) is 53.5 Å². The SMILES string of the molecule is Cc1ccc2c(n1)sc1c(-c3cccc(N(c4cccc(-c5cccc6c5sc5nc(C)ccc56)n4)c4c(C)cccc4C)n3)cccc12. The van der Waals surface area contributed by atoms with Crippen LogP contribution in [0.1, 0.15) is 22.5 Å². The van der Waals surface area contributed by atoms with Crippen LogP contribution in [0.15, 0.2) is 115 Å². The first kappa shape index (κ1) is 29.6. The van der Waals surface area contributed by atoms with E-state index >= 15 is 0 Å². The molecule has 7 heteroatoms. The third-order valence-electron chi connectivity index (χ3n) is 9.15. The Hall–Kier alpha value is -5.50. The number of hydrogen-bond donors (Lipinski definition) is 0. The summed E-state index contributed by atoms with van der Waals surface area (Å²) in [7, 11) is 0. The van der Waals surface area contributed by atoms with Gasteiger partial charge in [0.1, 0.15) is 21.3 Å². The molecule has 0 saturated carbocycles. The summed E-state index contributed by atoms with van der Waals surface area (Å²) in [6.07, 6.45) is 0. The van der Waals surface area contributed by atoms with Crippen molar-refractivity contribution in [2.75, 3.05) is 4.90 Å². The molecule has 0 aliphatic rings. The molecule has 0 radical (unpaired) electrons. The molecule has 5 nitrogen and oxygen atoms in total. The van der Waals surface area contributed by atoms with Gasteiger partial charge in [0.15, 0.2) is 0 Å². The molecule has 49 heavy (non-hydrogen) atoms. The monoisotopic (exact) mass is 669 g/mol. The van der Waals surface area contributed by atoms with E-state index in [1.165, 1.54) is 30.9 Å². The third-order valence-corrected chi connectivity index (χ3v) is 11.4. The number of anilines is 3. The molecule has 0 amide bonds. The van der Waals surface area contributed by atoms with Crippen LogP contribution in [0.3, 0.4) is 0 Å². The number of aryl methyl sites for hydroxylation is 4. The lowest BCUT2D eigenvalue weighted by Crippen LogP contribution is -2.16. The number of thiophene rings is 2. The highest BCUT2D eigenvalue weighted by molar-refractivity contribution is 7.26. The van der Waals surface area contributed by atoms with E-state index in [2.05, 4.69) is 134 Å². The van der Waals surface area contributed by atoms with Crippen LogP contribution in [0.5, 0.6) is 0 Å². The fourth-order valence-corrected chi connectivity index (χ4v) is 9.33. The lowest BCUT2D eigenvalue weighted by Gasteiger charge is -2.27. The topological polar surface area (TPSA) is 54.8 Å². The van der Waals surface area contributed by atoms with Crippen LogP contribution in [-0.2, 0) is 0 Å². The fourth-order valence-electron chi connectivity index (χ4n) is 6.85. The Balaban J connectivity index is 1.22. The molecule has 9 rings (SSSR count). The van der Waals surface area contributed by atoms with E-state index in [1.807, 2.05) is 13.8 Å². The predicted octanol–water partition coefficient (Wildman–Crippen LogP) is 12.0. The predicted molar refractivity (Wildman–Crippen MR) is 208 cm³/mol. The Morgan fingerprint density at radius 3 is 1.37 bits per heavy atom. The summed E-state index contributed by atoms with van der Waals surface area (Å²) in [5.74, 6) is 1.62. The molecule has 0 N–H and O–H groups in total. The van der Waals surface area contributed by atoms with Crippen molar-refractivity contribution >= 4 is 80.6 Å². The van der Waals surface area contributed by atoms with E-state index in [9.17, 15) is 0 Å². The molecular formula is C42H31N5S2. The van der Waals surface area contributed by atoms with Crippen LogP contribution < -0.4 is 4.90 Å². The van der Waals surface area contributed by atoms with Gasteiger partial charge in [-0.1, -0.05) is 66.7 Å². The third kappa shape index (κ3) is 4.96. The molecule has 0 unspecified atom stereocenters. The lowest BCUT2D eigenvalue weighted by molar-refractivity contribution is 1.11. The van der Waals surface area contributed by atoms with E-state index in [0.29, 0.717) is 0 Å². The number of rotatable bonds is 5. The minimum absolute atomic E-state index is 0.811. The van der Waals surface area contributed by atoms with Crippen molar-refractivity contribution in [3.63, 3.8) is 0 Å². The smallest absolute Gasteiger partial charge is 0.139 e. The molecule has 0 atom stereocenters. The first-order chi connectivity index (χ1) is 23.9. The molecule has 0 bridgehead atoms. The van der Waals surface area contributed by atoms with E-state index in [4.69, 9.17) is 19.9 Å². The fraction of sp³-hybridized carbons (Fsp3) is 0.0952. The van der Waals surface area contributed by atoms with Crippen LogP contribution in [0.2, 0.25) is 0 Å². The molecule has 3 aromatic carbocycles. The molecular weight excluding hydrogens is 639 g/mol. The summed E-state index contributed by atoms with van der Waals surface area (Å²) in [5.41, 5.74) is 9.46. The second kappa shape index (κ2) is 11.6. The van der Waals surface area contributed by atoms with Crippen molar-refractivity contribution in [3.8, 4) is 22.5 Å². The van der Waals surface area contributed by atoms with Crippen molar-refractivity contribution in [1.29, 1.82) is 0 Å². The minimum atomic E-state index is 0.811. The maximum absolute atomic E-state index is 5.37. The quantitative estimate of drug-likeness (QED) is 0.183. The Kier molecular flexibility index (Phi) is 7.00. The highest BCUT2D eigenvalue weighted by Crippen LogP contribution is 2.43. The minimum Gasteiger partial charge on any atom is -0.278 e. The second-order valence-electron chi connectivity index (χ2n) is 12.5. The van der Waals surface area contributed by atoms with Crippen molar-refractivity contribution in [2.24, 2.45) is 0 Å². The zero-order chi connectivity index (χ0) is 33.2. The number of para-hydroxylation sites is 1. The molecule has 0 saturated heterocycles. The number of nitrogens with zero attached hydrogens (tertiary/aromatic N) is 5. The molecule has 9 aromatic rings. The lowest BCUT2D eigenvalue weighted by atomic mass is 10.1. The summed E-state index contributed by atoms with van der Waals surface area (Å²) in [6, 6.07) is 40.5. The summed E-state index contributed by atoms with van der Waals surface area (Å²) in [5, 5.41) is 4.78. The number of hydrogen-bond acceptors (Lipinski definition) is 7. The standard InChI is InChI=1S/C42H31N5S2/c1-24-10-5-11-25(2)38(24)47(36-18-8-16-34(45-36)32-14-6-12-28-30-22-20-26(3)43-41(30)48-39(28)32)37-19-9-17-35(46-37)33-15-7-13-29-31-23-21-27(4)44-42(31)49-40(29)33/h5-23H,1-4H3. The van der Waals surface area contributed by atoms with Crippen molar-refractivity contribution in [2.45, 2.75) is 27.7 Å². The van der Waals surface area contributed by atoms with Crippen molar-refractivity contribution < 1.29 is 0 Å². The van der Waals surface area contributed by atoms with Gasteiger partial charge < -0.3 is 0 Å². The molecule has 236 valence electrons. The average Bonchev–Trinajstić information content (AvgIpc) is 3.67. The van der Waals surface area contributed by atoms with Gasteiger partial charge in [0.25, 0.3) is 0 Å². The maximum atomic E-state index is 5.37. The molecule has 6 heterocycles. The molecule has 0 fully saturated rings. The first-order valence-corrected chi connectivity index (χ1v) is 18.0. The molecule has 0 aliphatic carbocycles. The second-order valence-corrected chi connectivity index (χ2v) is 14.5. The van der Waals surface area contributed by atoms with E-state index in [1.54, 1.807) is 22.7 Å². The normalized spacial score (nSPS) is 11.7. The van der Waals surface area contributed by atoms with Gasteiger partial charge in [-0.25, -0.2) is 19.9 Å². The van der Waals surface area contributed by atoms with Crippen LogP contribution in [0.25, 0.3) is 63.1 Å². The van der Waals surface area contributed by atoms with Gasteiger partial charge in [0.05, 0.1) is 17.1 Å².